The number of nitrogens with zero attached hydrogens (tertiary/aromatic N) is 2. The van der Waals surface area contributed by atoms with Crippen molar-refractivity contribution < 1.29 is 0 Å². The average Bonchev–Trinajstić information content (AvgIpc) is 2.16. The van der Waals surface area contributed by atoms with Crippen LogP contribution in [0.3, 0.4) is 0 Å². The molecule has 0 bridgehead atoms. The van der Waals surface area contributed by atoms with Gasteiger partial charge in [0.1, 0.15) is 10.8 Å². The van der Waals surface area contributed by atoms with Crippen LogP contribution in [0.4, 0.5) is 0 Å². The zero-order valence-electron chi connectivity index (χ0n) is 8.11. The van der Waals surface area contributed by atoms with E-state index >= 15 is 0 Å². The minimum atomic E-state index is 0.366. The van der Waals surface area contributed by atoms with Gasteiger partial charge in [0.2, 0.25) is 0 Å². The van der Waals surface area contributed by atoms with Crippen LogP contribution < -0.4 is 0 Å². The molecule has 2 nitrogen and oxygen atoms in total. The molecule has 1 fully saturated rings. The molecule has 1 rings (SSSR count). The molecule has 2 atom stereocenters. The van der Waals surface area contributed by atoms with Gasteiger partial charge in [-0.05, 0) is 36.4 Å². The summed E-state index contributed by atoms with van der Waals surface area (Å²) in [6.45, 7) is 0. The van der Waals surface area contributed by atoms with E-state index in [1.807, 2.05) is 0 Å². The van der Waals surface area contributed by atoms with Crippen molar-refractivity contribution in [3.8, 4) is 10.8 Å². The monoisotopic (exact) mass is 226 g/mol. The fraction of sp³-hybridized carbons (Fsp3) is 0.800. The van der Waals surface area contributed by atoms with E-state index in [2.05, 4.69) is 10.8 Å². The van der Waals surface area contributed by atoms with Crippen LogP contribution in [0.5, 0.6) is 0 Å². The summed E-state index contributed by atoms with van der Waals surface area (Å²) in [7, 11) is 0. The third-order valence-corrected chi connectivity index (χ3v) is 4.67. The maximum atomic E-state index is 8.69. The number of nitriles is 2. The van der Waals surface area contributed by atoms with Crippen LogP contribution in [-0.4, -0.2) is 10.5 Å². The molecule has 1 saturated carbocycles. The lowest BCUT2D eigenvalue weighted by molar-refractivity contribution is 0.523. The molecule has 0 unspecified atom stereocenters. The van der Waals surface area contributed by atoms with Crippen molar-refractivity contribution >= 4 is 23.5 Å². The van der Waals surface area contributed by atoms with E-state index in [4.69, 9.17) is 10.5 Å². The van der Waals surface area contributed by atoms with Gasteiger partial charge in [-0.15, -0.1) is 0 Å². The van der Waals surface area contributed by atoms with Crippen molar-refractivity contribution in [2.75, 3.05) is 0 Å². The van der Waals surface area contributed by atoms with Gasteiger partial charge in [0.05, 0.1) is 0 Å². The Kier molecular flexibility index (Phi) is 5.91. The van der Waals surface area contributed by atoms with E-state index in [1.165, 1.54) is 49.2 Å². The maximum absolute atomic E-state index is 8.69. The highest BCUT2D eigenvalue weighted by Gasteiger charge is 2.23. The quantitative estimate of drug-likeness (QED) is 0.676. The minimum absolute atomic E-state index is 0.366. The van der Waals surface area contributed by atoms with Crippen molar-refractivity contribution in [3.63, 3.8) is 0 Å². The first-order valence-electron chi connectivity index (χ1n) is 4.98. The molecule has 0 aromatic carbocycles. The molecule has 0 aliphatic heterocycles. The van der Waals surface area contributed by atoms with Gasteiger partial charge >= 0.3 is 0 Å². The Hall–Kier alpha value is -0.320. The van der Waals surface area contributed by atoms with Crippen molar-refractivity contribution in [2.24, 2.45) is 0 Å². The number of hydrogen-bond donors (Lipinski definition) is 0. The molecule has 1 aliphatic rings. The lowest BCUT2D eigenvalue weighted by atomic mass is 10.00. The Morgan fingerprint density at radius 3 is 1.57 bits per heavy atom. The molecule has 0 aromatic rings. The summed E-state index contributed by atoms with van der Waals surface area (Å²) in [5.74, 6) is 0. The molecule has 4 heteroatoms. The highest BCUT2D eigenvalue weighted by molar-refractivity contribution is 8.08. The number of rotatable bonds is 2. The molecular formula is C10H14N2S2. The standard InChI is InChI=1S/C10H14N2S2/c11-7-13-9-5-3-1-2-4-6-10(9)14-8-12/h9-10H,1-6H2/t9-,10-/m1/s1. The molecular weight excluding hydrogens is 212 g/mol. The summed E-state index contributed by atoms with van der Waals surface area (Å²) in [6, 6.07) is 0. The van der Waals surface area contributed by atoms with Gasteiger partial charge in [0.25, 0.3) is 0 Å². The molecule has 0 amide bonds. The van der Waals surface area contributed by atoms with Crippen molar-refractivity contribution in [2.45, 2.75) is 49.0 Å². The highest BCUT2D eigenvalue weighted by Crippen LogP contribution is 2.33. The second-order valence-corrected chi connectivity index (χ2v) is 5.53. The van der Waals surface area contributed by atoms with Gasteiger partial charge in [0, 0.05) is 10.5 Å². The molecule has 14 heavy (non-hydrogen) atoms. The predicted octanol–water partition coefficient (Wildman–Crippen LogP) is 3.51. The second-order valence-electron chi connectivity index (χ2n) is 3.49. The van der Waals surface area contributed by atoms with E-state index in [0.717, 1.165) is 12.8 Å². The highest BCUT2D eigenvalue weighted by atomic mass is 32.2. The zero-order valence-corrected chi connectivity index (χ0v) is 9.74. The predicted molar refractivity (Wildman–Crippen MR) is 61.7 cm³/mol. The normalized spacial score (nSPS) is 28.1. The smallest absolute Gasteiger partial charge is 0.133 e. The summed E-state index contributed by atoms with van der Waals surface area (Å²) in [5, 5.41) is 22.4. The Labute approximate surface area is 94.0 Å². The van der Waals surface area contributed by atoms with Crippen LogP contribution in [0, 0.1) is 21.3 Å². The van der Waals surface area contributed by atoms with Gasteiger partial charge in [-0.1, -0.05) is 25.7 Å². The molecule has 0 aromatic heterocycles. The fourth-order valence-electron chi connectivity index (χ4n) is 1.82. The molecule has 0 N–H and O–H groups in total. The first-order chi connectivity index (χ1) is 6.88. The largest absolute Gasteiger partial charge is 0.185 e. The van der Waals surface area contributed by atoms with Crippen LogP contribution >= 0.6 is 23.5 Å². The van der Waals surface area contributed by atoms with Crippen LogP contribution in [0.2, 0.25) is 0 Å². The zero-order chi connectivity index (χ0) is 10.2. The number of thioether (sulfide) groups is 2. The lowest BCUT2D eigenvalue weighted by Gasteiger charge is -2.23. The summed E-state index contributed by atoms with van der Waals surface area (Å²) < 4.78 is 0. The molecule has 0 saturated heterocycles. The van der Waals surface area contributed by atoms with Gasteiger partial charge in [-0.2, -0.15) is 10.5 Å². The maximum Gasteiger partial charge on any atom is 0.133 e. The first kappa shape index (κ1) is 11.8. The van der Waals surface area contributed by atoms with Crippen molar-refractivity contribution in [1.82, 2.24) is 0 Å². The number of hydrogen-bond acceptors (Lipinski definition) is 4. The molecule has 0 spiro atoms. The van der Waals surface area contributed by atoms with Gasteiger partial charge in [-0.25, -0.2) is 0 Å². The lowest BCUT2D eigenvalue weighted by Crippen LogP contribution is -2.20. The van der Waals surface area contributed by atoms with E-state index in [0.29, 0.717) is 10.5 Å². The van der Waals surface area contributed by atoms with Crippen LogP contribution in [-0.2, 0) is 0 Å². The van der Waals surface area contributed by atoms with Crippen LogP contribution in [0.1, 0.15) is 38.5 Å². The van der Waals surface area contributed by atoms with E-state index in [-0.39, 0.29) is 0 Å². The summed E-state index contributed by atoms with van der Waals surface area (Å²) >= 11 is 2.71. The Balaban J connectivity index is 2.52. The van der Waals surface area contributed by atoms with Crippen molar-refractivity contribution in [1.29, 1.82) is 10.5 Å². The average molecular weight is 226 g/mol. The minimum Gasteiger partial charge on any atom is -0.185 e. The van der Waals surface area contributed by atoms with E-state index in [9.17, 15) is 0 Å². The van der Waals surface area contributed by atoms with Gasteiger partial charge < -0.3 is 0 Å². The van der Waals surface area contributed by atoms with Gasteiger partial charge in [-0.3, -0.25) is 0 Å². The Bertz CT molecular complexity index is 215. The molecule has 0 radical (unpaired) electrons. The summed E-state index contributed by atoms with van der Waals surface area (Å²) in [6.07, 6.45) is 7.18. The summed E-state index contributed by atoms with van der Waals surface area (Å²) in [4.78, 5) is 0. The Morgan fingerprint density at radius 2 is 1.21 bits per heavy atom. The molecule has 1 aliphatic carbocycles. The molecule has 76 valence electrons. The third-order valence-electron chi connectivity index (χ3n) is 2.55. The first-order valence-corrected chi connectivity index (χ1v) is 6.74. The van der Waals surface area contributed by atoms with E-state index < -0.39 is 0 Å². The third kappa shape index (κ3) is 3.82. The SMILES string of the molecule is N#CS[C@@H]1CCCCCC[C@H]1SC#N. The van der Waals surface area contributed by atoms with E-state index in [1.54, 1.807) is 0 Å². The van der Waals surface area contributed by atoms with Crippen LogP contribution in [0.25, 0.3) is 0 Å². The molecule has 0 heterocycles. The van der Waals surface area contributed by atoms with Crippen LogP contribution in [0.15, 0.2) is 0 Å². The second kappa shape index (κ2) is 7.04. The number of thiocyanates is 2. The van der Waals surface area contributed by atoms with Gasteiger partial charge in [0.15, 0.2) is 0 Å². The Morgan fingerprint density at radius 1 is 0.786 bits per heavy atom. The topological polar surface area (TPSA) is 47.6 Å². The van der Waals surface area contributed by atoms with Crippen molar-refractivity contribution in [3.05, 3.63) is 0 Å². The summed E-state index contributed by atoms with van der Waals surface area (Å²) in [5.41, 5.74) is 0. The fourth-order valence-corrected chi connectivity index (χ4v) is 3.57.